The molecule has 2 aromatic carbocycles. The van der Waals surface area contributed by atoms with Crippen molar-refractivity contribution < 1.29 is 9.59 Å². The smallest absolute Gasteiger partial charge is 0.270 e. The summed E-state index contributed by atoms with van der Waals surface area (Å²) >= 11 is 0. The van der Waals surface area contributed by atoms with E-state index in [1.54, 1.807) is 24.3 Å². The van der Waals surface area contributed by atoms with Crippen LogP contribution in [0, 0.1) is 0 Å². The van der Waals surface area contributed by atoms with Crippen LogP contribution < -0.4 is 15.8 Å². The molecular formula is C22H24N4O2. The van der Waals surface area contributed by atoms with E-state index in [9.17, 15) is 9.59 Å². The predicted octanol–water partition coefficient (Wildman–Crippen LogP) is 3.50. The number of carbonyl (C=O) groups is 2. The molecule has 0 aliphatic carbocycles. The number of hydrogen-bond donors (Lipinski definition) is 2. The van der Waals surface area contributed by atoms with E-state index in [1.165, 1.54) is 0 Å². The largest absolute Gasteiger partial charge is 0.378 e. The molecule has 1 heterocycles. The first-order chi connectivity index (χ1) is 13.4. The number of benzene rings is 2. The van der Waals surface area contributed by atoms with Crippen molar-refractivity contribution in [2.75, 3.05) is 19.0 Å². The topological polar surface area (TPSA) is 74.3 Å². The number of carbonyl (C=O) groups excluding carboxylic acids is 2. The number of para-hydroxylation sites is 1. The highest BCUT2D eigenvalue weighted by Gasteiger charge is 2.15. The number of hydrazine groups is 1. The first kappa shape index (κ1) is 19.4. The highest BCUT2D eigenvalue weighted by Crippen LogP contribution is 2.22. The van der Waals surface area contributed by atoms with Crippen molar-refractivity contribution in [2.45, 2.75) is 19.8 Å². The predicted molar refractivity (Wildman–Crippen MR) is 112 cm³/mol. The number of rotatable bonds is 4. The van der Waals surface area contributed by atoms with Crippen molar-refractivity contribution >= 4 is 28.4 Å². The van der Waals surface area contributed by atoms with Crippen LogP contribution in [0.15, 0.2) is 54.6 Å². The van der Waals surface area contributed by atoms with Gasteiger partial charge in [-0.15, -0.1) is 0 Å². The zero-order valence-corrected chi connectivity index (χ0v) is 16.5. The second kappa shape index (κ2) is 8.08. The molecule has 2 amide bonds. The fourth-order valence-electron chi connectivity index (χ4n) is 2.86. The lowest BCUT2D eigenvalue weighted by atomic mass is 10.0. The standard InChI is InChI=1S/C22H24N4O2/c1-14(2)20-13-18(17-10-5-6-11-19(17)23-20)22(28)25-24-21(27)15-8-7-9-16(12-15)26(3)4/h5-14H,1-4H3,(H,24,27)(H,25,28). The Kier molecular flexibility index (Phi) is 5.59. The van der Waals surface area contributed by atoms with Gasteiger partial charge >= 0.3 is 0 Å². The molecule has 0 bridgehead atoms. The van der Waals surface area contributed by atoms with Gasteiger partial charge in [0.1, 0.15) is 0 Å². The molecule has 0 spiro atoms. The maximum atomic E-state index is 12.8. The van der Waals surface area contributed by atoms with E-state index in [2.05, 4.69) is 15.8 Å². The van der Waals surface area contributed by atoms with Gasteiger partial charge in [-0.05, 0) is 36.2 Å². The van der Waals surface area contributed by atoms with Gasteiger partial charge in [-0.2, -0.15) is 0 Å². The molecule has 0 aliphatic heterocycles. The summed E-state index contributed by atoms with van der Waals surface area (Å²) in [6.45, 7) is 4.05. The van der Waals surface area contributed by atoms with Crippen molar-refractivity contribution in [1.29, 1.82) is 0 Å². The van der Waals surface area contributed by atoms with Gasteiger partial charge < -0.3 is 4.90 Å². The Morgan fingerprint density at radius 2 is 1.64 bits per heavy atom. The van der Waals surface area contributed by atoms with Crippen molar-refractivity contribution in [2.24, 2.45) is 0 Å². The average Bonchev–Trinajstić information content (AvgIpc) is 2.70. The number of nitrogens with one attached hydrogen (secondary N) is 2. The summed E-state index contributed by atoms with van der Waals surface area (Å²) in [7, 11) is 3.80. The van der Waals surface area contributed by atoms with Crippen LogP contribution in [0.2, 0.25) is 0 Å². The molecule has 144 valence electrons. The second-order valence-corrected chi connectivity index (χ2v) is 7.12. The minimum Gasteiger partial charge on any atom is -0.378 e. The molecule has 6 nitrogen and oxygen atoms in total. The molecular weight excluding hydrogens is 352 g/mol. The summed E-state index contributed by atoms with van der Waals surface area (Å²) in [5.74, 6) is -0.573. The summed E-state index contributed by atoms with van der Waals surface area (Å²) < 4.78 is 0. The number of pyridine rings is 1. The van der Waals surface area contributed by atoms with Gasteiger partial charge in [0.15, 0.2) is 0 Å². The van der Waals surface area contributed by atoms with Gasteiger partial charge in [0.25, 0.3) is 11.8 Å². The molecule has 2 N–H and O–H groups in total. The molecule has 0 aliphatic rings. The van der Waals surface area contributed by atoms with Gasteiger partial charge in [-0.3, -0.25) is 25.4 Å². The fourth-order valence-corrected chi connectivity index (χ4v) is 2.86. The number of fused-ring (bicyclic) bond motifs is 1. The molecule has 0 saturated carbocycles. The Morgan fingerprint density at radius 1 is 0.929 bits per heavy atom. The lowest BCUT2D eigenvalue weighted by molar-refractivity contribution is 0.0847. The first-order valence-electron chi connectivity index (χ1n) is 9.14. The van der Waals surface area contributed by atoms with Gasteiger partial charge in [0.05, 0.1) is 11.1 Å². The average molecular weight is 376 g/mol. The minimum absolute atomic E-state index is 0.180. The van der Waals surface area contributed by atoms with Crippen molar-refractivity contribution in [3.8, 4) is 0 Å². The number of amides is 2. The van der Waals surface area contributed by atoms with Crippen LogP contribution in [0.5, 0.6) is 0 Å². The van der Waals surface area contributed by atoms with E-state index < -0.39 is 0 Å². The molecule has 6 heteroatoms. The maximum Gasteiger partial charge on any atom is 0.270 e. The molecule has 28 heavy (non-hydrogen) atoms. The molecule has 0 fully saturated rings. The third kappa shape index (κ3) is 4.11. The van der Waals surface area contributed by atoms with Crippen molar-refractivity contribution in [3.05, 3.63) is 71.4 Å². The van der Waals surface area contributed by atoms with Crippen molar-refractivity contribution in [1.82, 2.24) is 15.8 Å². The van der Waals surface area contributed by atoms with Gasteiger partial charge in [0.2, 0.25) is 0 Å². The third-order valence-corrected chi connectivity index (χ3v) is 4.49. The lowest BCUT2D eigenvalue weighted by Crippen LogP contribution is -2.41. The van der Waals surface area contributed by atoms with Gasteiger partial charge in [-0.25, -0.2) is 0 Å². The number of aromatic nitrogens is 1. The minimum atomic E-state index is -0.377. The highest BCUT2D eigenvalue weighted by molar-refractivity contribution is 6.07. The van der Waals surface area contributed by atoms with Crippen LogP contribution in [-0.4, -0.2) is 30.9 Å². The maximum absolute atomic E-state index is 12.8. The number of nitrogens with zero attached hydrogens (tertiary/aromatic N) is 2. The number of anilines is 1. The second-order valence-electron chi connectivity index (χ2n) is 7.12. The summed E-state index contributed by atoms with van der Waals surface area (Å²) in [6, 6.07) is 16.4. The quantitative estimate of drug-likeness (QED) is 0.684. The van der Waals surface area contributed by atoms with E-state index in [1.807, 2.05) is 63.2 Å². The summed E-state index contributed by atoms with van der Waals surface area (Å²) in [5.41, 5.74) is 8.46. The summed E-state index contributed by atoms with van der Waals surface area (Å²) in [5, 5.41) is 0.744. The van der Waals surface area contributed by atoms with E-state index in [-0.39, 0.29) is 17.7 Å². The van der Waals surface area contributed by atoms with E-state index in [0.29, 0.717) is 11.1 Å². The Morgan fingerprint density at radius 3 is 2.36 bits per heavy atom. The van der Waals surface area contributed by atoms with Crippen LogP contribution in [0.25, 0.3) is 10.9 Å². The van der Waals surface area contributed by atoms with E-state index in [0.717, 1.165) is 22.3 Å². The SMILES string of the molecule is CC(C)c1cc(C(=O)NNC(=O)c2cccc(N(C)C)c2)c2ccccc2n1. The number of hydrogen-bond acceptors (Lipinski definition) is 4. The van der Waals surface area contributed by atoms with E-state index >= 15 is 0 Å². The third-order valence-electron chi connectivity index (χ3n) is 4.49. The monoisotopic (exact) mass is 376 g/mol. The zero-order chi connectivity index (χ0) is 20.3. The van der Waals surface area contributed by atoms with E-state index in [4.69, 9.17) is 0 Å². The fraction of sp³-hybridized carbons (Fsp3) is 0.227. The first-order valence-corrected chi connectivity index (χ1v) is 9.14. The summed E-state index contributed by atoms with van der Waals surface area (Å²) in [4.78, 5) is 31.7. The molecule has 0 radical (unpaired) electrons. The zero-order valence-electron chi connectivity index (χ0n) is 16.5. The molecule has 3 rings (SSSR count). The molecule has 0 atom stereocenters. The van der Waals surface area contributed by atoms with Crippen LogP contribution in [0.4, 0.5) is 5.69 Å². The van der Waals surface area contributed by atoms with Crippen molar-refractivity contribution in [3.63, 3.8) is 0 Å². The van der Waals surface area contributed by atoms with Crippen LogP contribution in [0.3, 0.4) is 0 Å². The van der Waals surface area contributed by atoms with Gasteiger partial charge in [-0.1, -0.05) is 38.1 Å². The summed E-state index contributed by atoms with van der Waals surface area (Å²) in [6.07, 6.45) is 0. The Labute approximate surface area is 164 Å². The normalized spacial score (nSPS) is 10.8. The molecule has 0 saturated heterocycles. The molecule has 3 aromatic rings. The highest BCUT2D eigenvalue weighted by atomic mass is 16.2. The van der Waals surface area contributed by atoms with Crippen LogP contribution in [0.1, 0.15) is 46.2 Å². The lowest BCUT2D eigenvalue weighted by Gasteiger charge is -2.14. The van der Waals surface area contributed by atoms with Crippen LogP contribution in [-0.2, 0) is 0 Å². The Bertz CT molecular complexity index is 1030. The Hall–Kier alpha value is -3.41. The van der Waals surface area contributed by atoms with Crippen LogP contribution >= 0.6 is 0 Å². The molecule has 1 aromatic heterocycles. The Balaban J connectivity index is 1.82. The van der Waals surface area contributed by atoms with Gasteiger partial charge in [0, 0.05) is 36.4 Å². The molecule has 0 unspecified atom stereocenters.